The van der Waals surface area contributed by atoms with E-state index in [2.05, 4.69) is 116 Å². The summed E-state index contributed by atoms with van der Waals surface area (Å²) in [5, 5.41) is 2.51. The van der Waals surface area contributed by atoms with Crippen LogP contribution in [0.1, 0.15) is 79.0 Å². The van der Waals surface area contributed by atoms with Crippen molar-refractivity contribution in [2.75, 3.05) is 0 Å². The van der Waals surface area contributed by atoms with Crippen LogP contribution in [0.3, 0.4) is 0 Å². The first-order chi connectivity index (χ1) is 11.8. The molecule has 0 nitrogen and oxygen atoms in total. The van der Waals surface area contributed by atoms with Gasteiger partial charge in [-0.2, -0.15) is 0 Å². The summed E-state index contributed by atoms with van der Waals surface area (Å²) in [7, 11) is 0. The zero-order chi connectivity index (χ0) is 19.8. The average Bonchev–Trinajstić information content (AvgIpc) is 2.47. The standard InChI is InChI=1S/C26H32/c1-24(2,3)16-14-19-10-13-22-21(18-19)12-11-20(15-17-25(4,5)6)23(22)26(7,8)9/h10-13,18H,1-9H3. The van der Waals surface area contributed by atoms with Gasteiger partial charge in [-0.1, -0.05) is 56.6 Å². The van der Waals surface area contributed by atoms with Gasteiger partial charge in [-0.3, -0.25) is 0 Å². The predicted molar refractivity (Wildman–Crippen MR) is 115 cm³/mol. The van der Waals surface area contributed by atoms with Crippen LogP contribution in [0.5, 0.6) is 0 Å². The molecule has 0 aromatic heterocycles. The monoisotopic (exact) mass is 344 g/mol. The van der Waals surface area contributed by atoms with Crippen molar-refractivity contribution in [1.82, 2.24) is 0 Å². The Labute approximate surface area is 160 Å². The summed E-state index contributed by atoms with van der Waals surface area (Å²) >= 11 is 0. The topological polar surface area (TPSA) is 0 Å². The first kappa shape index (κ1) is 20.1. The fraction of sp³-hybridized carbons (Fsp3) is 0.462. The SMILES string of the molecule is CC(C)(C)C#Cc1ccc2c(C(C)(C)C)c(C#CC(C)(C)C)ccc2c1. The fourth-order valence-corrected chi connectivity index (χ4v) is 2.83. The van der Waals surface area contributed by atoms with Gasteiger partial charge >= 0.3 is 0 Å². The number of rotatable bonds is 0. The molecule has 0 aliphatic rings. The van der Waals surface area contributed by atoms with E-state index in [1.807, 2.05) is 0 Å². The lowest BCUT2D eigenvalue weighted by Crippen LogP contribution is -2.14. The number of benzene rings is 2. The maximum Gasteiger partial charge on any atom is 0.0289 e. The molecule has 0 unspecified atom stereocenters. The van der Waals surface area contributed by atoms with E-state index in [4.69, 9.17) is 0 Å². The molecule has 26 heavy (non-hydrogen) atoms. The van der Waals surface area contributed by atoms with Crippen molar-refractivity contribution < 1.29 is 0 Å². The highest BCUT2D eigenvalue weighted by atomic mass is 14.2. The molecular weight excluding hydrogens is 312 g/mol. The number of hydrogen-bond donors (Lipinski definition) is 0. The quantitative estimate of drug-likeness (QED) is 0.454. The maximum atomic E-state index is 3.43. The van der Waals surface area contributed by atoms with Crippen molar-refractivity contribution in [3.8, 4) is 23.7 Å². The molecular formula is C26H32. The van der Waals surface area contributed by atoms with Crippen LogP contribution in [0, 0.1) is 34.5 Å². The van der Waals surface area contributed by atoms with E-state index in [1.54, 1.807) is 0 Å². The molecule has 0 spiro atoms. The molecule has 0 heterocycles. The first-order valence-electron chi connectivity index (χ1n) is 9.40. The zero-order valence-electron chi connectivity index (χ0n) is 17.9. The predicted octanol–water partition coefficient (Wildman–Crippen LogP) is 6.93. The summed E-state index contributed by atoms with van der Waals surface area (Å²) in [6.45, 7) is 19.6. The Kier molecular flexibility index (Phi) is 5.31. The van der Waals surface area contributed by atoms with Crippen LogP contribution in [-0.2, 0) is 5.41 Å². The highest BCUT2D eigenvalue weighted by Gasteiger charge is 2.20. The molecule has 0 saturated heterocycles. The minimum absolute atomic E-state index is 0.00346. The third-order valence-corrected chi connectivity index (χ3v) is 3.92. The Hall–Kier alpha value is -2.18. The summed E-state index contributed by atoms with van der Waals surface area (Å²) in [6, 6.07) is 10.9. The lowest BCUT2D eigenvalue weighted by atomic mass is 9.80. The molecule has 0 saturated carbocycles. The Balaban J connectivity index is 2.68. The molecule has 0 heteroatoms. The summed E-state index contributed by atoms with van der Waals surface area (Å²) in [5.74, 6) is 13.5. The van der Waals surface area contributed by atoms with Gasteiger partial charge in [0, 0.05) is 22.0 Å². The van der Waals surface area contributed by atoms with Gasteiger partial charge < -0.3 is 0 Å². The van der Waals surface area contributed by atoms with Crippen LogP contribution < -0.4 is 0 Å². The van der Waals surface area contributed by atoms with E-state index in [1.165, 1.54) is 16.3 Å². The summed E-state index contributed by atoms with van der Waals surface area (Å²) in [4.78, 5) is 0. The molecule has 2 rings (SSSR count). The average molecular weight is 345 g/mol. The summed E-state index contributed by atoms with van der Waals surface area (Å²) < 4.78 is 0. The molecule has 2 aromatic rings. The molecule has 0 N–H and O–H groups in total. The van der Waals surface area contributed by atoms with Crippen molar-refractivity contribution in [1.29, 1.82) is 0 Å². The minimum Gasteiger partial charge on any atom is -0.0920 e. The highest BCUT2D eigenvalue weighted by Crippen LogP contribution is 2.33. The second kappa shape index (κ2) is 6.85. The van der Waals surface area contributed by atoms with Crippen LogP contribution in [-0.4, -0.2) is 0 Å². The van der Waals surface area contributed by atoms with Gasteiger partial charge in [-0.25, -0.2) is 0 Å². The molecule has 136 valence electrons. The molecule has 0 amide bonds. The first-order valence-corrected chi connectivity index (χ1v) is 9.40. The number of fused-ring (bicyclic) bond motifs is 1. The van der Waals surface area contributed by atoms with E-state index < -0.39 is 0 Å². The van der Waals surface area contributed by atoms with E-state index in [0.29, 0.717) is 0 Å². The normalized spacial score (nSPS) is 12.2. The van der Waals surface area contributed by atoms with Crippen LogP contribution in [0.2, 0.25) is 0 Å². The molecule has 2 aromatic carbocycles. The van der Waals surface area contributed by atoms with Gasteiger partial charge in [-0.15, -0.1) is 0 Å². The highest BCUT2D eigenvalue weighted by molar-refractivity contribution is 5.90. The van der Waals surface area contributed by atoms with Gasteiger partial charge in [0.2, 0.25) is 0 Å². The molecule has 0 bridgehead atoms. The molecule has 0 radical (unpaired) electrons. The van der Waals surface area contributed by atoms with Gasteiger partial charge in [0.05, 0.1) is 0 Å². The lowest BCUT2D eigenvalue weighted by Gasteiger charge is -2.24. The van der Waals surface area contributed by atoms with E-state index in [0.717, 1.165) is 11.1 Å². The Bertz CT molecular complexity index is 928. The van der Waals surface area contributed by atoms with Gasteiger partial charge in [0.15, 0.2) is 0 Å². The van der Waals surface area contributed by atoms with Crippen molar-refractivity contribution in [3.63, 3.8) is 0 Å². The smallest absolute Gasteiger partial charge is 0.0289 e. The lowest BCUT2D eigenvalue weighted by molar-refractivity contribution is 0.570. The van der Waals surface area contributed by atoms with Gasteiger partial charge in [-0.05, 0) is 81.5 Å². The van der Waals surface area contributed by atoms with Crippen LogP contribution in [0.15, 0.2) is 30.3 Å². The van der Waals surface area contributed by atoms with Crippen molar-refractivity contribution in [2.24, 2.45) is 10.8 Å². The third-order valence-electron chi connectivity index (χ3n) is 3.92. The van der Waals surface area contributed by atoms with Crippen LogP contribution >= 0.6 is 0 Å². The van der Waals surface area contributed by atoms with Crippen molar-refractivity contribution in [3.05, 3.63) is 47.0 Å². The van der Waals surface area contributed by atoms with E-state index in [-0.39, 0.29) is 16.2 Å². The second-order valence-electron chi connectivity index (χ2n) is 10.2. The molecule has 0 aliphatic carbocycles. The molecule has 0 fully saturated rings. The maximum absolute atomic E-state index is 3.43. The summed E-state index contributed by atoms with van der Waals surface area (Å²) in [5.41, 5.74) is 3.56. The van der Waals surface area contributed by atoms with Crippen molar-refractivity contribution >= 4 is 10.8 Å². The Morgan fingerprint density at radius 3 is 1.77 bits per heavy atom. The second-order valence-corrected chi connectivity index (χ2v) is 10.2. The summed E-state index contributed by atoms with van der Waals surface area (Å²) in [6.07, 6.45) is 0. The fourth-order valence-electron chi connectivity index (χ4n) is 2.83. The van der Waals surface area contributed by atoms with Crippen LogP contribution in [0.25, 0.3) is 10.8 Å². The van der Waals surface area contributed by atoms with Crippen molar-refractivity contribution in [2.45, 2.75) is 67.7 Å². The molecule has 0 atom stereocenters. The van der Waals surface area contributed by atoms with E-state index >= 15 is 0 Å². The van der Waals surface area contributed by atoms with Crippen LogP contribution in [0.4, 0.5) is 0 Å². The Morgan fingerprint density at radius 2 is 1.23 bits per heavy atom. The third kappa shape index (κ3) is 5.41. The van der Waals surface area contributed by atoms with E-state index in [9.17, 15) is 0 Å². The Morgan fingerprint density at radius 1 is 0.654 bits per heavy atom. The largest absolute Gasteiger partial charge is 0.0920 e. The molecule has 0 aliphatic heterocycles. The number of hydrogen-bond acceptors (Lipinski definition) is 0. The van der Waals surface area contributed by atoms with Gasteiger partial charge in [0.1, 0.15) is 0 Å². The minimum atomic E-state index is -0.00346. The zero-order valence-corrected chi connectivity index (χ0v) is 17.9. The van der Waals surface area contributed by atoms with Gasteiger partial charge in [0.25, 0.3) is 0 Å².